The zero-order chi connectivity index (χ0) is 18.9. The summed E-state index contributed by atoms with van der Waals surface area (Å²) in [5.74, 6) is 0.318. The molecule has 2 aromatic rings. The summed E-state index contributed by atoms with van der Waals surface area (Å²) in [5, 5.41) is 16.4. The van der Waals surface area contributed by atoms with Crippen LogP contribution in [0, 0.1) is 11.3 Å². The summed E-state index contributed by atoms with van der Waals surface area (Å²) < 4.78 is 6.84. The molecule has 0 bridgehead atoms. The monoisotopic (exact) mass is 357 g/mol. The second-order valence-electron chi connectivity index (χ2n) is 7.36. The number of rotatable bonds is 2. The number of anilines is 2. The van der Waals surface area contributed by atoms with Crippen LogP contribution in [0.25, 0.3) is 5.52 Å². The Morgan fingerprint density at radius 3 is 2.96 bits per heavy atom. The SMILES string of the molecule is CC(C)(C)OC(=O)N[C@@H]1CCCN(c2cc(C#N)n3ncnc(N)c23)C1. The number of nitrogens with one attached hydrogen (secondary N) is 1. The van der Waals surface area contributed by atoms with Gasteiger partial charge in [0.05, 0.1) is 5.69 Å². The molecule has 9 heteroatoms. The Kier molecular flexibility index (Phi) is 4.59. The molecule has 1 fully saturated rings. The predicted octanol–water partition coefficient (Wildman–Crippen LogP) is 1.68. The van der Waals surface area contributed by atoms with E-state index in [-0.39, 0.29) is 6.04 Å². The van der Waals surface area contributed by atoms with Gasteiger partial charge in [0.25, 0.3) is 0 Å². The van der Waals surface area contributed by atoms with Gasteiger partial charge in [-0.3, -0.25) is 0 Å². The molecule has 138 valence electrons. The number of amides is 1. The van der Waals surface area contributed by atoms with Crippen molar-refractivity contribution in [2.24, 2.45) is 0 Å². The maximum absolute atomic E-state index is 12.0. The average Bonchev–Trinajstić information content (AvgIpc) is 2.93. The molecule has 0 radical (unpaired) electrons. The van der Waals surface area contributed by atoms with Crippen LogP contribution in [0.5, 0.6) is 0 Å². The first kappa shape index (κ1) is 17.8. The van der Waals surface area contributed by atoms with Gasteiger partial charge in [-0.05, 0) is 33.6 Å². The summed E-state index contributed by atoms with van der Waals surface area (Å²) in [6.45, 7) is 6.89. The second-order valence-corrected chi connectivity index (χ2v) is 7.36. The van der Waals surface area contributed by atoms with Gasteiger partial charge in [-0.2, -0.15) is 10.4 Å². The maximum atomic E-state index is 12.0. The van der Waals surface area contributed by atoms with Gasteiger partial charge in [-0.1, -0.05) is 0 Å². The zero-order valence-corrected chi connectivity index (χ0v) is 15.2. The van der Waals surface area contributed by atoms with Crippen LogP contribution in [0.1, 0.15) is 39.3 Å². The van der Waals surface area contributed by atoms with Crippen LogP contribution >= 0.6 is 0 Å². The van der Waals surface area contributed by atoms with E-state index >= 15 is 0 Å². The Balaban J connectivity index is 1.81. The summed E-state index contributed by atoms with van der Waals surface area (Å²) in [5.41, 5.74) is 7.29. The Morgan fingerprint density at radius 2 is 2.27 bits per heavy atom. The third-order valence-corrected chi connectivity index (χ3v) is 4.16. The van der Waals surface area contributed by atoms with E-state index in [1.807, 2.05) is 20.8 Å². The van der Waals surface area contributed by atoms with Crippen LogP contribution in [0.4, 0.5) is 16.3 Å². The molecule has 1 amide bonds. The number of hydrogen-bond acceptors (Lipinski definition) is 7. The van der Waals surface area contributed by atoms with Gasteiger partial charge < -0.3 is 20.7 Å². The zero-order valence-electron chi connectivity index (χ0n) is 15.2. The van der Waals surface area contributed by atoms with Crippen LogP contribution in [0.3, 0.4) is 0 Å². The maximum Gasteiger partial charge on any atom is 0.407 e. The van der Waals surface area contributed by atoms with E-state index < -0.39 is 11.7 Å². The smallest absolute Gasteiger partial charge is 0.407 e. The Morgan fingerprint density at radius 1 is 1.50 bits per heavy atom. The number of nitrogen functional groups attached to an aromatic ring is 1. The van der Waals surface area contributed by atoms with E-state index in [0.717, 1.165) is 25.1 Å². The first-order chi connectivity index (χ1) is 12.3. The fourth-order valence-corrected chi connectivity index (χ4v) is 3.16. The van der Waals surface area contributed by atoms with E-state index in [4.69, 9.17) is 10.5 Å². The molecular weight excluding hydrogens is 334 g/mol. The molecule has 1 saturated heterocycles. The lowest BCUT2D eigenvalue weighted by Gasteiger charge is -2.34. The van der Waals surface area contributed by atoms with Crippen LogP contribution in [0.2, 0.25) is 0 Å². The number of hydrogen-bond donors (Lipinski definition) is 2. The number of piperidine rings is 1. The number of fused-ring (bicyclic) bond motifs is 1. The molecule has 2 aromatic heterocycles. The van der Waals surface area contributed by atoms with Crippen molar-refractivity contribution in [3.63, 3.8) is 0 Å². The lowest BCUT2D eigenvalue weighted by atomic mass is 10.1. The summed E-state index contributed by atoms with van der Waals surface area (Å²) in [6, 6.07) is 3.84. The average molecular weight is 357 g/mol. The summed E-state index contributed by atoms with van der Waals surface area (Å²) in [7, 11) is 0. The van der Waals surface area contributed by atoms with Gasteiger partial charge >= 0.3 is 6.09 Å². The quantitative estimate of drug-likeness (QED) is 0.838. The van der Waals surface area contributed by atoms with Crippen molar-refractivity contribution in [2.45, 2.75) is 45.3 Å². The van der Waals surface area contributed by atoms with Gasteiger partial charge in [0, 0.05) is 25.2 Å². The van der Waals surface area contributed by atoms with Crippen molar-refractivity contribution >= 4 is 23.1 Å². The highest BCUT2D eigenvalue weighted by atomic mass is 16.6. The largest absolute Gasteiger partial charge is 0.444 e. The van der Waals surface area contributed by atoms with Crippen molar-refractivity contribution in [1.29, 1.82) is 5.26 Å². The molecule has 3 rings (SSSR count). The number of carbonyl (C=O) groups is 1. The molecule has 26 heavy (non-hydrogen) atoms. The topological polar surface area (TPSA) is 122 Å². The number of nitrogens with two attached hydrogens (primary N) is 1. The highest BCUT2D eigenvalue weighted by molar-refractivity contribution is 5.85. The first-order valence-corrected chi connectivity index (χ1v) is 8.55. The van der Waals surface area contributed by atoms with Crippen molar-refractivity contribution in [1.82, 2.24) is 19.9 Å². The fraction of sp³-hybridized carbons (Fsp3) is 0.529. The summed E-state index contributed by atoms with van der Waals surface area (Å²) in [6.07, 6.45) is 2.66. The molecule has 0 spiro atoms. The van der Waals surface area contributed by atoms with Crippen molar-refractivity contribution in [3.05, 3.63) is 18.1 Å². The van der Waals surface area contributed by atoms with Crippen molar-refractivity contribution in [3.8, 4) is 6.07 Å². The lowest BCUT2D eigenvalue weighted by molar-refractivity contribution is 0.0500. The fourth-order valence-electron chi connectivity index (χ4n) is 3.16. The minimum Gasteiger partial charge on any atom is -0.444 e. The molecular formula is C17H23N7O2. The third-order valence-electron chi connectivity index (χ3n) is 4.16. The standard InChI is InChI=1S/C17H23N7O2/c1-17(2,3)26-16(25)22-11-5-4-6-23(9-11)13-7-12(8-18)24-14(13)15(19)20-10-21-24/h7,10-11H,4-6,9H2,1-3H3,(H,22,25)(H2,19,20,21)/t11-/m1/s1. The third kappa shape index (κ3) is 3.64. The number of carbonyl (C=O) groups excluding carboxylic acids is 1. The van der Waals surface area contributed by atoms with E-state index in [2.05, 4.69) is 26.4 Å². The van der Waals surface area contributed by atoms with Crippen LogP contribution < -0.4 is 16.0 Å². The molecule has 1 atom stereocenters. The van der Waals surface area contributed by atoms with E-state index in [9.17, 15) is 10.1 Å². The predicted molar refractivity (Wildman–Crippen MR) is 96.7 cm³/mol. The highest BCUT2D eigenvalue weighted by Gasteiger charge is 2.27. The van der Waals surface area contributed by atoms with E-state index in [0.29, 0.717) is 23.6 Å². The molecule has 0 saturated carbocycles. The molecule has 0 aliphatic carbocycles. The van der Waals surface area contributed by atoms with Gasteiger partial charge in [0.15, 0.2) is 5.82 Å². The summed E-state index contributed by atoms with van der Waals surface area (Å²) in [4.78, 5) is 18.2. The van der Waals surface area contributed by atoms with Crippen LogP contribution in [-0.4, -0.2) is 45.4 Å². The Bertz CT molecular complexity index is 862. The number of alkyl carbamates (subject to hydrolysis) is 1. The van der Waals surface area contributed by atoms with Crippen LogP contribution in [-0.2, 0) is 4.74 Å². The molecule has 9 nitrogen and oxygen atoms in total. The van der Waals surface area contributed by atoms with Gasteiger partial charge in [0.1, 0.15) is 29.2 Å². The number of ether oxygens (including phenoxy) is 1. The minimum absolute atomic E-state index is 0.0510. The van der Waals surface area contributed by atoms with E-state index in [1.54, 1.807) is 6.07 Å². The van der Waals surface area contributed by atoms with Crippen molar-refractivity contribution in [2.75, 3.05) is 23.7 Å². The first-order valence-electron chi connectivity index (χ1n) is 8.55. The lowest BCUT2D eigenvalue weighted by Crippen LogP contribution is -2.49. The molecule has 1 aliphatic rings. The van der Waals surface area contributed by atoms with Gasteiger partial charge in [-0.25, -0.2) is 14.3 Å². The minimum atomic E-state index is -0.537. The highest BCUT2D eigenvalue weighted by Crippen LogP contribution is 2.30. The molecule has 1 aliphatic heterocycles. The van der Waals surface area contributed by atoms with Gasteiger partial charge in [0.2, 0.25) is 0 Å². The number of nitrogens with zero attached hydrogens (tertiary/aromatic N) is 5. The Hall–Kier alpha value is -3.02. The Labute approximate surface area is 151 Å². The van der Waals surface area contributed by atoms with E-state index in [1.165, 1.54) is 10.8 Å². The number of aromatic nitrogens is 3. The molecule has 0 unspecified atom stereocenters. The molecule has 0 aromatic carbocycles. The summed E-state index contributed by atoms with van der Waals surface area (Å²) >= 11 is 0. The van der Waals surface area contributed by atoms with Crippen LogP contribution in [0.15, 0.2) is 12.4 Å². The van der Waals surface area contributed by atoms with Gasteiger partial charge in [-0.15, -0.1) is 0 Å². The second kappa shape index (κ2) is 6.71. The molecule has 3 heterocycles. The molecule has 3 N–H and O–H groups in total. The van der Waals surface area contributed by atoms with Crippen molar-refractivity contribution < 1.29 is 9.53 Å². The normalized spacial score (nSPS) is 17.8. The number of nitriles is 1.